The van der Waals surface area contributed by atoms with Crippen LogP contribution in [0.1, 0.15) is 5.56 Å². The van der Waals surface area contributed by atoms with Gasteiger partial charge >= 0.3 is 0 Å². The Labute approximate surface area is 100.0 Å². The van der Waals surface area contributed by atoms with Crippen LogP contribution in [0.3, 0.4) is 0 Å². The molecule has 0 aliphatic heterocycles. The molecule has 0 atom stereocenters. The molecule has 0 aliphatic carbocycles. The zero-order valence-electron chi connectivity index (χ0n) is 7.49. The molecule has 0 spiro atoms. The summed E-state index contributed by atoms with van der Waals surface area (Å²) in [6, 6.07) is 4.41. The topological polar surface area (TPSA) is 67.2 Å². The Kier molecular flexibility index (Phi) is 3.60. The molecule has 0 fully saturated rings. The Morgan fingerprint density at radius 2 is 2.13 bits per heavy atom. The number of rotatable bonds is 2. The summed E-state index contributed by atoms with van der Waals surface area (Å²) < 4.78 is 27.3. The Bertz CT molecular complexity index is 536. The van der Waals surface area contributed by atoms with Crippen molar-refractivity contribution in [2.75, 3.05) is 7.11 Å². The summed E-state index contributed by atoms with van der Waals surface area (Å²) in [5.41, 5.74) is 0.230. The summed E-state index contributed by atoms with van der Waals surface area (Å²) in [7, 11) is 2.68. The second kappa shape index (κ2) is 4.39. The molecule has 7 heteroatoms. The van der Waals surface area contributed by atoms with Gasteiger partial charge in [0, 0.05) is 21.2 Å². The van der Waals surface area contributed by atoms with Crippen LogP contribution in [0.25, 0.3) is 0 Å². The van der Waals surface area contributed by atoms with E-state index in [-0.39, 0.29) is 20.7 Å². The lowest BCUT2D eigenvalue weighted by molar-refractivity contribution is 0.412. The van der Waals surface area contributed by atoms with E-state index in [0.717, 1.165) is 0 Å². The number of nitrogens with zero attached hydrogens (tertiary/aromatic N) is 1. The number of benzene rings is 1. The standard InChI is InChI=1S/C8H5BrClNO3S/c1-14-7-3-8(15(10,12)13)6(9)2-5(7)4-11/h2-3H,1H3. The summed E-state index contributed by atoms with van der Waals surface area (Å²) in [5, 5.41) is 8.73. The van der Waals surface area contributed by atoms with Crippen LogP contribution in [0.2, 0.25) is 0 Å². The highest BCUT2D eigenvalue weighted by Gasteiger charge is 2.18. The van der Waals surface area contributed by atoms with Crippen molar-refractivity contribution < 1.29 is 13.2 Å². The number of nitriles is 1. The van der Waals surface area contributed by atoms with Crippen molar-refractivity contribution in [1.29, 1.82) is 5.26 Å². The average Bonchev–Trinajstić information content (AvgIpc) is 2.15. The maximum absolute atomic E-state index is 11.1. The molecule has 0 saturated carbocycles. The maximum Gasteiger partial charge on any atom is 0.262 e. The predicted octanol–water partition coefficient (Wildman–Crippen LogP) is 2.26. The zero-order valence-corrected chi connectivity index (χ0v) is 10.6. The fourth-order valence-corrected chi connectivity index (χ4v) is 3.16. The highest BCUT2D eigenvalue weighted by molar-refractivity contribution is 9.10. The number of halogens is 2. The van der Waals surface area contributed by atoms with Crippen LogP contribution in [0.4, 0.5) is 0 Å². The molecule has 80 valence electrons. The van der Waals surface area contributed by atoms with Gasteiger partial charge in [0.1, 0.15) is 16.7 Å². The molecule has 0 radical (unpaired) electrons. The minimum atomic E-state index is -3.86. The first-order valence-electron chi connectivity index (χ1n) is 3.62. The first kappa shape index (κ1) is 12.3. The number of methoxy groups -OCH3 is 1. The van der Waals surface area contributed by atoms with Gasteiger partial charge in [0.05, 0.1) is 12.7 Å². The van der Waals surface area contributed by atoms with Crippen LogP contribution in [0.15, 0.2) is 21.5 Å². The third-order valence-electron chi connectivity index (χ3n) is 1.64. The van der Waals surface area contributed by atoms with Gasteiger partial charge in [-0.15, -0.1) is 0 Å². The molecule has 0 bridgehead atoms. The molecule has 15 heavy (non-hydrogen) atoms. The molecule has 0 N–H and O–H groups in total. The average molecular weight is 311 g/mol. The van der Waals surface area contributed by atoms with Gasteiger partial charge in [0.25, 0.3) is 9.05 Å². The summed E-state index contributed by atoms with van der Waals surface area (Å²) in [6.45, 7) is 0. The van der Waals surface area contributed by atoms with E-state index in [0.29, 0.717) is 0 Å². The van der Waals surface area contributed by atoms with Crippen LogP contribution < -0.4 is 4.74 Å². The third kappa shape index (κ3) is 2.62. The fourth-order valence-electron chi connectivity index (χ4n) is 0.978. The molecular formula is C8H5BrClNO3S. The lowest BCUT2D eigenvalue weighted by Gasteiger charge is -2.06. The summed E-state index contributed by atoms with van der Waals surface area (Å²) >= 11 is 3.02. The first-order valence-corrected chi connectivity index (χ1v) is 6.72. The lowest BCUT2D eigenvalue weighted by Crippen LogP contribution is -1.96. The Morgan fingerprint density at radius 1 is 1.53 bits per heavy atom. The van der Waals surface area contributed by atoms with E-state index >= 15 is 0 Å². The van der Waals surface area contributed by atoms with Gasteiger partial charge in [0.15, 0.2) is 0 Å². The second-order valence-corrected chi connectivity index (χ2v) is 5.92. The second-order valence-electron chi connectivity index (χ2n) is 2.53. The van der Waals surface area contributed by atoms with E-state index in [4.69, 9.17) is 20.7 Å². The molecule has 4 nitrogen and oxygen atoms in total. The monoisotopic (exact) mass is 309 g/mol. The van der Waals surface area contributed by atoms with Gasteiger partial charge in [0.2, 0.25) is 0 Å². The van der Waals surface area contributed by atoms with E-state index in [1.165, 1.54) is 19.2 Å². The van der Waals surface area contributed by atoms with Crippen molar-refractivity contribution in [3.8, 4) is 11.8 Å². The minimum absolute atomic E-state index is 0.125. The maximum atomic E-state index is 11.1. The van der Waals surface area contributed by atoms with Crippen LogP contribution in [0.5, 0.6) is 5.75 Å². The van der Waals surface area contributed by atoms with Gasteiger partial charge in [-0.25, -0.2) is 8.42 Å². The Hall–Kier alpha value is -0.770. The van der Waals surface area contributed by atoms with E-state index in [2.05, 4.69) is 15.9 Å². The lowest BCUT2D eigenvalue weighted by atomic mass is 10.2. The molecule has 0 aromatic heterocycles. The van der Waals surface area contributed by atoms with Gasteiger partial charge < -0.3 is 4.74 Å². The first-order chi connectivity index (χ1) is 6.90. The normalized spacial score (nSPS) is 10.8. The highest BCUT2D eigenvalue weighted by Crippen LogP contribution is 2.31. The quantitative estimate of drug-likeness (QED) is 0.786. The zero-order chi connectivity index (χ0) is 11.6. The third-order valence-corrected chi connectivity index (χ3v) is 3.92. The van der Waals surface area contributed by atoms with Gasteiger partial charge in [-0.05, 0) is 22.0 Å². The van der Waals surface area contributed by atoms with Crippen molar-refractivity contribution in [1.82, 2.24) is 0 Å². The molecular weight excluding hydrogens is 306 g/mol. The van der Waals surface area contributed by atoms with Crippen LogP contribution in [0, 0.1) is 11.3 Å². The van der Waals surface area contributed by atoms with Gasteiger partial charge in [-0.3, -0.25) is 0 Å². The molecule has 1 aromatic carbocycles. The number of ether oxygens (including phenoxy) is 1. The molecule has 1 aromatic rings. The Morgan fingerprint density at radius 3 is 2.53 bits per heavy atom. The van der Waals surface area contributed by atoms with Crippen LogP contribution in [-0.4, -0.2) is 15.5 Å². The van der Waals surface area contributed by atoms with Crippen molar-refractivity contribution in [2.45, 2.75) is 4.90 Å². The molecule has 0 saturated heterocycles. The van der Waals surface area contributed by atoms with Crippen LogP contribution in [-0.2, 0) is 9.05 Å². The highest BCUT2D eigenvalue weighted by atomic mass is 79.9. The summed E-state index contributed by atoms with van der Waals surface area (Å²) in [6.07, 6.45) is 0. The smallest absolute Gasteiger partial charge is 0.262 e. The van der Waals surface area contributed by atoms with Gasteiger partial charge in [-0.2, -0.15) is 5.26 Å². The molecule has 0 unspecified atom stereocenters. The minimum Gasteiger partial charge on any atom is -0.495 e. The number of hydrogen-bond acceptors (Lipinski definition) is 4. The number of hydrogen-bond donors (Lipinski definition) is 0. The van der Waals surface area contributed by atoms with E-state index < -0.39 is 9.05 Å². The van der Waals surface area contributed by atoms with E-state index in [9.17, 15) is 8.42 Å². The predicted molar refractivity (Wildman–Crippen MR) is 58.4 cm³/mol. The SMILES string of the molecule is COc1cc(S(=O)(=O)Cl)c(Br)cc1C#N. The van der Waals surface area contributed by atoms with Crippen LogP contribution >= 0.6 is 26.6 Å². The van der Waals surface area contributed by atoms with Gasteiger partial charge in [-0.1, -0.05) is 0 Å². The fraction of sp³-hybridized carbons (Fsp3) is 0.125. The van der Waals surface area contributed by atoms with Crippen molar-refractivity contribution in [3.05, 3.63) is 22.2 Å². The Balaban J connectivity index is 3.55. The molecule has 0 aliphatic rings. The van der Waals surface area contributed by atoms with E-state index in [1.807, 2.05) is 6.07 Å². The van der Waals surface area contributed by atoms with E-state index in [1.54, 1.807) is 0 Å². The van der Waals surface area contributed by atoms with Crippen molar-refractivity contribution >= 4 is 35.7 Å². The summed E-state index contributed by atoms with van der Waals surface area (Å²) in [5.74, 6) is 0.167. The molecule has 0 amide bonds. The summed E-state index contributed by atoms with van der Waals surface area (Å²) in [4.78, 5) is -0.125. The largest absolute Gasteiger partial charge is 0.495 e. The van der Waals surface area contributed by atoms with Crippen molar-refractivity contribution in [2.24, 2.45) is 0 Å². The molecule has 1 rings (SSSR count). The van der Waals surface area contributed by atoms with Crippen molar-refractivity contribution in [3.63, 3.8) is 0 Å². The molecule has 0 heterocycles.